The van der Waals surface area contributed by atoms with Gasteiger partial charge in [-0.1, -0.05) is 13.8 Å². The van der Waals surface area contributed by atoms with Gasteiger partial charge in [0.25, 0.3) is 0 Å². The Bertz CT molecular complexity index is 484. The predicted molar refractivity (Wildman–Crippen MR) is 75.8 cm³/mol. The van der Waals surface area contributed by atoms with Crippen LogP contribution in [0.1, 0.15) is 13.8 Å². The molecule has 0 bridgehead atoms. The number of likely N-dealkylation sites (N-methyl/N-ethyl adjacent to an activating group) is 1. The van der Waals surface area contributed by atoms with E-state index in [2.05, 4.69) is 29.0 Å². The van der Waals surface area contributed by atoms with Crippen molar-refractivity contribution >= 4 is 5.69 Å². The fourth-order valence-corrected chi connectivity index (χ4v) is 1.80. The minimum absolute atomic E-state index is 0.173. The molecular formula is C12H21N5O3. The molecule has 0 fully saturated rings. The SMILES string of the molecule is CCN(CC)CCNCCn1cc([N+](=O)[O-])cnc1=O. The molecular weight excluding hydrogens is 262 g/mol. The molecule has 8 heteroatoms. The van der Waals surface area contributed by atoms with Gasteiger partial charge in [-0.3, -0.25) is 14.7 Å². The maximum Gasteiger partial charge on any atom is 0.348 e. The summed E-state index contributed by atoms with van der Waals surface area (Å²) in [4.78, 5) is 27.3. The summed E-state index contributed by atoms with van der Waals surface area (Å²) in [6.45, 7) is 8.93. The van der Waals surface area contributed by atoms with Crippen molar-refractivity contribution in [2.75, 3.05) is 32.7 Å². The van der Waals surface area contributed by atoms with Crippen LogP contribution in [-0.2, 0) is 6.54 Å². The van der Waals surface area contributed by atoms with Crippen LogP contribution in [-0.4, -0.2) is 52.1 Å². The van der Waals surface area contributed by atoms with Gasteiger partial charge in [0.1, 0.15) is 6.20 Å². The first-order chi connectivity index (χ1) is 9.58. The summed E-state index contributed by atoms with van der Waals surface area (Å²) in [5.41, 5.74) is -0.645. The average Bonchev–Trinajstić information content (AvgIpc) is 2.44. The lowest BCUT2D eigenvalue weighted by Gasteiger charge is -2.18. The third-order valence-electron chi connectivity index (χ3n) is 3.08. The molecule has 0 saturated heterocycles. The molecule has 0 aliphatic rings. The van der Waals surface area contributed by atoms with Crippen LogP contribution in [0.4, 0.5) is 5.69 Å². The summed E-state index contributed by atoms with van der Waals surface area (Å²) in [5, 5.41) is 13.8. The van der Waals surface area contributed by atoms with Crippen LogP contribution >= 0.6 is 0 Å². The van der Waals surface area contributed by atoms with E-state index in [1.54, 1.807) is 0 Å². The molecule has 0 aliphatic heterocycles. The molecule has 0 atom stereocenters. The summed E-state index contributed by atoms with van der Waals surface area (Å²) >= 11 is 0. The molecule has 0 radical (unpaired) electrons. The van der Waals surface area contributed by atoms with Crippen molar-refractivity contribution in [1.29, 1.82) is 0 Å². The highest BCUT2D eigenvalue weighted by atomic mass is 16.6. The normalized spacial score (nSPS) is 10.9. The minimum Gasteiger partial charge on any atom is -0.314 e. The van der Waals surface area contributed by atoms with Gasteiger partial charge in [0.2, 0.25) is 0 Å². The monoisotopic (exact) mass is 283 g/mol. The first-order valence-corrected chi connectivity index (χ1v) is 6.72. The van der Waals surface area contributed by atoms with E-state index in [-0.39, 0.29) is 5.69 Å². The van der Waals surface area contributed by atoms with Crippen LogP contribution in [0.2, 0.25) is 0 Å². The third kappa shape index (κ3) is 5.06. The van der Waals surface area contributed by atoms with E-state index in [9.17, 15) is 14.9 Å². The lowest BCUT2D eigenvalue weighted by atomic mass is 10.4. The van der Waals surface area contributed by atoms with Crippen LogP contribution in [0.5, 0.6) is 0 Å². The highest BCUT2D eigenvalue weighted by molar-refractivity contribution is 5.20. The predicted octanol–water partition coefficient (Wildman–Crippen LogP) is 0.0829. The Morgan fingerprint density at radius 1 is 1.40 bits per heavy atom. The van der Waals surface area contributed by atoms with E-state index in [1.165, 1.54) is 10.8 Å². The van der Waals surface area contributed by atoms with Crippen molar-refractivity contribution in [1.82, 2.24) is 19.8 Å². The summed E-state index contributed by atoms with van der Waals surface area (Å²) in [6.07, 6.45) is 2.20. The molecule has 0 aliphatic carbocycles. The summed E-state index contributed by atoms with van der Waals surface area (Å²) < 4.78 is 1.25. The molecule has 0 spiro atoms. The summed E-state index contributed by atoms with van der Waals surface area (Å²) in [5.74, 6) is 0. The van der Waals surface area contributed by atoms with E-state index < -0.39 is 10.6 Å². The number of rotatable bonds is 9. The Hall–Kier alpha value is -1.80. The number of nitrogens with one attached hydrogen (secondary N) is 1. The Labute approximate surface area is 117 Å². The molecule has 1 aromatic rings. The molecule has 0 unspecified atom stereocenters. The Morgan fingerprint density at radius 3 is 2.70 bits per heavy atom. The van der Waals surface area contributed by atoms with E-state index in [1.807, 2.05) is 0 Å². The molecule has 20 heavy (non-hydrogen) atoms. The molecule has 1 aromatic heterocycles. The van der Waals surface area contributed by atoms with Crippen LogP contribution < -0.4 is 11.0 Å². The van der Waals surface area contributed by atoms with Gasteiger partial charge in [0.15, 0.2) is 0 Å². The molecule has 1 N–H and O–H groups in total. The van der Waals surface area contributed by atoms with Crippen molar-refractivity contribution in [2.45, 2.75) is 20.4 Å². The fourth-order valence-electron chi connectivity index (χ4n) is 1.80. The third-order valence-corrected chi connectivity index (χ3v) is 3.08. The number of nitrogens with zero attached hydrogens (tertiary/aromatic N) is 4. The van der Waals surface area contributed by atoms with Gasteiger partial charge < -0.3 is 10.2 Å². The lowest BCUT2D eigenvalue weighted by molar-refractivity contribution is -0.385. The van der Waals surface area contributed by atoms with E-state index in [0.29, 0.717) is 13.1 Å². The van der Waals surface area contributed by atoms with Crippen molar-refractivity contribution in [3.63, 3.8) is 0 Å². The van der Waals surface area contributed by atoms with E-state index in [0.717, 1.165) is 32.4 Å². The second-order valence-corrected chi connectivity index (χ2v) is 4.32. The maximum atomic E-state index is 11.5. The summed E-state index contributed by atoms with van der Waals surface area (Å²) in [7, 11) is 0. The van der Waals surface area contributed by atoms with E-state index in [4.69, 9.17) is 0 Å². The zero-order chi connectivity index (χ0) is 15.0. The first-order valence-electron chi connectivity index (χ1n) is 6.72. The van der Waals surface area contributed by atoms with Gasteiger partial charge in [0, 0.05) is 26.2 Å². The lowest BCUT2D eigenvalue weighted by Crippen LogP contribution is -2.34. The molecule has 1 heterocycles. The largest absolute Gasteiger partial charge is 0.348 e. The van der Waals surface area contributed by atoms with Crippen molar-refractivity contribution in [2.24, 2.45) is 0 Å². The summed E-state index contributed by atoms with van der Waals surface area (Å²) in [6, 6.07) is 0. The van der Waals surface area contributed by atoms with Gasteiger partial charge in [-0.2, -0.15) is 4.98 Å². The quantitative estimate of drug-likeness (QED) is 0.392. The Morgan fingerprint density at radius 2 is 2.10 bits per heavy atom. The van der Waals surface area contributed by atoms with Crippen molar-refractivity contribution in [3.05, 3.63) is 33.0 Å². The number of aromatic nitrogens is 2. The second kappa shape index (κ2) is 8.39. The van der Waals surface area contributed by atoms with Crippen molar-refractivity contribution in [3.8, 4) is 0 Å². The van der Waals surface area contributed by atoms with E-state index >= 15 is 0 Å². The average molecular weight is 283 g/mol. The zero-order valence-electron chi connectivity index (χ0n) is 11.9. The smallest absolute Gasteiger partial charge is 0.314 e. The number of hydrogen-bond acceptors (Lipinski definition) is 6. The topological polar surface area (TPSA) is 93.3 Å². The van der Waals surface area contributed by atoms with Crippen LogP contribution in [0.3, 0.4) is 0 Å². The van der Waals surface area contributed by atoms with Gasteiger partial charge in [-0.15, -0.1) is 0 Å². The molecule has 8 nitrogen and oxygen atoms in total. The van der Waals surface area contributed by atoms with Gasteiger partial charge in [0.05, 0.1) is 11.1 Å². The number of nitro groups is 1. The molecule has 0 saturated carbocycles. The van der Waals surface area contributed by atoms with Gasteiger partial charge in [-0.25, -0.2) is 4.79 Å². The molecule has 0 amide bonds. The standard InChI is InChI=1S/C12H21N5O3/c1-3-15(4-2)7-5-13-6-8-16-10-11(17(19)20)9-14-12(16)18/h9-10,13H,3-8H2,1-2H3. The fraction of sp³-hybridized carbons (Fsp3) is 0.667. The second-order valence-electron chi connectivity index (χ2n) is 4.32. The molecule has 1 rings (SSSR count). The Kier molecular flexibility index (Phi) is 6.82. The maximum absolute atomic E-state index is 11.5. The highest BCUT2D eigenvalue weighted by Gasteiger charge is 2.08. The number of hydrogen-bond donors (Lipinski definition) is 1. The Balaban J connectivity index is 2.40. The van der Waals surface area contributed by atoms with Crippen LogP contribution in [0.25, 0.3) is 0 Å². The minimum atomic E-state index is -0.559. The van der Waals surface area contributed by atoms with Gasteiger partial charge in [-0.05, 0) is 13.1 Å². The highest BCUT2D eigenvalue weighted by Crippen LogP contribution is 2.04. The molecule has 0 aromatic carbocycles. The zero-order valence-corrected chi connectivity index (χ0v) is 11.9. The van der Waals surface area contributed by atoms with Crippen molar-refractivity contribution < 1.29 is 4.92 Å². The first kappa shape index (κ1) is 16.3. The van der Waals surface area contributed by atoms with Crippen LogP contribution in [0.15, 0.2) is 17.2 Å². The molecule has 112 valence electrons. The van der Waals surface area contributed by atoms with Gasteiger partial charge >= 0.3 is 11.4 Å². The van der Waals surface area contributed by atoms with Crippen LogP contribution in [0, 0.1) is 10.1 Å².